The molecule has 1 aliphatic carbocycles. The number of benzene rings is 1. The molecule has 0 fully saturated rings. The summed E-state index contributed by atoms with van der Waals surface area (Å²) >= 11 is 1.39. The molecule has 0 aliphatic heterocycles. The van der Waals surface area contributed by atoms with Gasteiger partial charge in [0.25, 0.3) is 11.8 Å². The summed E-state index contributed by atoms with van der Waals surface area (Å²) in [6.07, 6.45) is 3.66. The van der Waals surface area contributed by atoms with Crippen molar-refractivity contribution in [2.75, 3.05) is 5.32 Å². The van der Waals surface area contributed by atoms with Crippen LogP contribution in [0.5, 0.6) is 0 Å². The van der Waals surface area contributed by atoms with Gasteiger partial charge in [-0.25, -0.2) is 4.79 Å². The first-order chi connectivity index (χ1) is 14.7. The molecule has 1 aromatic carbocycles. The molecule has 1 aliphatic rings. The maximum atomic E-state index is 12.9. The predicted molar refractivity (Wildman–Crippen MR) is 123 cm³/mol. The van der Waals surface area contributed by atoms with Crippen molar-refractivity contribution in [3.8, 4) is 0 Å². The molecule has 4 rings (SSSR count). The Balaban J connectivity index is 1.68. The predicted octanol–water partition coefficient (Wildman–Crippen LogP) is 4.75. The van der Waals surface area contributed by atoms with E-state index in [4.69, 9.17) is 10.2 Å². The average Bonchev–Trinajstić information content (AvgIpc) is 3.10. The number of thiophene rings is 1. The largest absolute Gasteiger partial charge is 0.422 e. The van der Waals surface area contributed by atoms with Crippen LogP contribution in [0.4, 0.5) is 5.00 Å². The summed E-state index contributed by atoms with van der Waals surface area (Å²) in [5.41, 5.74) is 6.77. The second-order valence-electron chi connectivity index (χ2n) is 8.79. The Morgan fingerprint density at radius 3 is 2.74 bits per heavy atom. The van der Waals surface area contributed by atoms with Crippen molar-refractivity contribution in [3.63, 3.8) is 0 Å². The Hall–Kier alpha value is -2.93. The Morgan fingerprint density at radius 2 is 2.03 bits per heavy atom. The molecule has 1 unspecified atom stereocenters. The Labute approximate surface area is 184 Å². The van der Waals surface area contributed by atoms with Crippen LogP contribution >= 0.6 is 11.3 Å². The molecule has 0 saturated heterocycles. The van der Waals surface area contributed by atoms with Gasteiger partial charge in [0.15, 0.2) is 0 Å². The van der Waals surface area contributed by atoms with Crippen molar-refractivity contribution in [2.45, 2.75) is 46.5 Å². The molecule has 3 aromatic rings. The van der Waals surface area contributed by atoms with Gasteiger partial charge in [-0.1, -0.05) is 45.4 Å². The van der Waals surface area contributed by atoms with Crippen molar-refractivity contribution in [1.82, 2.24) is 0 Å². The number of para-hydroxylation sites is 1. The molecular formula is C24H26N2O4S. The maximum Gasteiger partial charge on any atom is 0.349 e. The Bertz CT molecular complexity index is 1240. The van der Waals surface area contributed by atoms with Gasteiger partial charge in [0.1, 0.15) is 16.1 Å². The van der Waals surface area contributed by atoms with E-state index in [9.17, 15) is 14.4 Å². The molecule has 0 saturated carbocycles. The monoisotopic (exact) mass is 438 g/mol. The molecule has 3 N–H and O–H groups in total. The second-order valence-corrected chi connectivity index (χ2v) is 9.90. The highest BCUT2D eigenvalue weighted by molar-refractivity contribution is 7.17. The van der Waals surface area contributed by atoms with E-state index in [0.29, 0.717) is 27.5 Å². The third-order valence-electron chi connectivity index (χ3n) is 6.64. The van der Waals surface area contributed by atoms with E-state index in [-0.39, 0.29) is 11.0 Å². The second kappa shape index (κ2) is 7.96. The lowest BCUT2D eigenvalue weighted by atomic mass is 9.69. The van der Waals surface area contributed by atoms with Gasteiger partial charge in [-0.15, -0.1) is 11.3 Å². The smallest absolute Gasteiger partial charge is 0.349 e. The van der Waals surface area contributed by atoms with Crippen LogP contribution in [0, 0.1) is 11.3 Å². The van der Waals surface area contributed by atoms with E-state index < -0.39 is 17.4 Å². The fraction of sp³-hybridized carbons (Fsp3) is 0.375. The van der Waals surface area contributed by atoms with E-state index in [1.54, 1.807) is 24.3 Å². The summed E-state index contributed by atoms with van der Waals surface area (Å²) in [4.78, 5) is 38.6. The van der Waals surface area contributed by atoms with E-state index in [1.807, 2.05) is 0 Å². The third-order valence-corrected chi connectivity index (χ3v) is 7.81. The van der Waals surface area contributed by atoms with Crippen LogP contribution in [0.1, 0.15) is 64.8 Å². The first-order valence-electron chi connectivity index (χ1n) is 10.5. The van der Waals surface area contributed by atoms with Gasteiger partial charge >= 0.3 is 5.63 Å². The highest BCUT2D eigenvalue weighted by Crippen LogP contribution is 2.45. The lowest BCUT2D eigenvalue weighted by Crippen LogP contribution is -2.29. The SMILES string of the molecule is CCC(C)(C)C1CCc2c(sc(NC(=O)c3cc4ccccc4oc3=O)c2C(N)=O)C1. The van der Waals surface area contributed by atoms with E-state index in [1.165, 1.54) is 17.4 Å². The molecular weight excluding hydrogens is 412 g/mol. The minimum absolute atomic E-state index is 0.106. The van der Waals surface area contributed by atoms with Gasteiger partial charge in [0.05, 0.1) is 5.56 Å². The van der Waals surface area contributed by atoms with Gasteiger partial charge in [-0.3, -0.25) is 9.59 Å². The van der Waals surface area contributed by atoms with Crippen LogP contribution in [-0.2, 0) is 12.8 Å². The Morgan fingerprint density at radius 1 is 1.29 bits per heavy atom. The topological polar surface area (TPSA) is 102 Å². The molecule has 2 amide bonds. The highest BCUT2D eigenvalue weighted by Gasteiger charge is 2.35. The fourth-order valence-corrected chi connectivity index (χ4v) is 5.61. The van der Waals surface area contributed by atoms with Crippen LogP contribution in [0.15, 0.2) is 39.5 Å². The summed E-state index contributed by atoms with van der Waals surface area (Å²) in [6.45, 7) is 6.74. The van der Waals surface area contributed by atoms with E-state index in [0.717, 1.165) is 36.1 Å². The number of carbonyl (C=O) groups excluding carboxylic acids is 2. The minimum atomic E-state index is -0.720. The maximum absolute atomic E-state index is 12.9. The van der Waals surface area contributed by atoms with Gasteiger partial charge in [-0.2, -0.15) is 0 Å². The van der Waals surface area contributed by atoms with Crippen LogP contribution in [-0.4, -0.2) is 11.8 Å². The van der Waals surface area contributed by atoms with E-state index >= 15 is 0 Å². The molecule has 31 heavy (non-hydrogen) atoms. The van der Waals surface area contributed by atoms with Gasteiger partial charge in [-0.05, 0) is 48.3 Å². The first-order valence-corrected chi connectivity index (χ1v) is 11.3. The average molecular weight is 439 g/mol. The number of rotatable bonds is 5. The number of anilines is 1. The Kier molecular flexibility index (Phi) is 5.47. The van der Waals surface area contributed by atoms with Crippen LogP contribution in [0.25, 0.3) is 11.0 Å². The number of hydrogen-bond acceptors (Lipinski definition) is 5. The quantitative estimate of drug-likeness (QED) is 0.561. The standard InChI is InChI=1S/C24H26N2O4S/c1-4-24(2,3)14-9-10-15-18(12-14)31-22(19(15)20(25)27)26-21(28)16-11-13-7-5-6-8-17(13)30-23(16)29/h5-8,11,14H,4,9-10,12H2,1-3H3,(H2,25,27)(H,26,28). The van der Waals surface area contributed by atoms with Crippen molar-refractivity contribution in [1.29, 1.82) is 0 Å². The summed E-state index contributed by atoms with van der Waals surface area (Å²) in [6, 6.07) is 8.51. The molecule has 162 valence electrons. The van der Waals surface area contributed by atoms with Crippen molar-refractivity contribution in [2.24, 2.45) is 17.1 Å². The molecule has 0 spiro atoms. The van der Waals surface area contributed by atoms with Crippen molar-refractivity contribution >= 4 is 39.1 Å². The minimum Gasteiger partial charge on any atom is -0.422 e. The van der Waals surface area contributed by atoms with Crippen molar-refractivity contribution in [3.05, 3.63) is 62.3 Å². The zero-order valence-corrected chi connectivity index (χ0v) is 18.7. The van der Waals surface area contributed by atoms with E-state index in [2.05, 4.69) is 26.1 Å². The molecule has 2 heterocycles. The summed E-state index contributed by atoms with van der Waals surface area (Å²) < 4.78 is 5.27. The fourth-order valence-electron chi connectivity index (χ4n) is 4.28. The number of nitrogens with two attached hydrogens (primary N) is 1. The first kappa shape index (κ1) is 21.3. The zero-order valence-electron chi connectivity index (χ0n) is 17.9. The summed E-state index contributed by atoms with van der Waals surface area (Å²) in [5.74, 6) is -0.668. The van der Waals surface area contributed by atoms with Gasteiger partial charge < -0.3 is 15.5 Å². The number of primary amides is 1. The summed E-state index contributed by atoms with van der Waals surface area (Å²) in [7, 11) is 0. The highest BCUT2D eigenvalue weighted by atomic mass is 32.1. The molecule has 6 nitrogen and oxygen atoms in total. The van der Waals surface area contributed by atoms with Crippen molar-refractivity contribution < 1.29 is 14.0 Å². The van der Waals surface area contributed by atoms with Crippen LogP contribution < -0.4 is 16.7 Å². The zero-order chi connectivity index (χ0) is 22.3. The van der Waals surface area contributed by atoms with Gasteiger partial charge in [0.2, 0.25) is 0 Å². The lowest BCUT2D eigenvalue weighted by molar-refractivity contribution is 0.0999. The normalized spacial score (nSPS) is 16.2. The molecule has 7 heteroatoms. The number of fused-ring (bicyclic) bond motifs is 2. The molecule has 1 atom stereocenters. The summed E-state index contributed by atoms with van der Waals surface area (Å²) in [5, 5.41) is 3.82. The number of hydrogen-bond donors (Lipinski definition) is 2. The van der Waals surface area contributed by atoms with Crippen LogP contribution in [0.2, 0.25) is 0 Å². The third kappa shape index (κ3) is 3.90. The molecule has 0 radical (unpaired) electrons. The number of amides is 2. The lowest BCUT2D eigenvalue weighted by Gasteiger charge is -2.36. The number of nitrogens with one attached hydrogen (secondary N) is 1. The molecule has 2 aromatic heterocycles. The number of carbonyl (C=O) groups is 2. The molecule has 0 bridgehead atoms. The van der Waals surface area contributed by atoms with Gasteiger partial charge in [0, 0.05) is 10.3 Å². The van der Waals surface area contributed by atoms with Crippen LogP contribution in [0.3, 0.4) is 0 Å².